The Hall–Kier alpha value is -0.570. The summed E-state index contributed by atoms with van der Waals surface area (Å²) in [4.78, 5) is 11.0. The largest absolute Gasteiger partial charge is 0.469 e. The van der Waals surface area contributed by atoms with Crippen molar-refractivity contribution in [1.29, 1.82) is 0 Å². The number of carbonyl (C=O) groups excluding carboxylic acids is 1. The Morgan fingerprint density at radius 2 is 2.15 bits per heavy atom. The van der Waals surface area contributed by atoms with Crippen LogP contribution in [-0.2, 0) is 14.3 Å². The highest BCUT2D eigenvalue weighted by Gasteiger charge is 2.23. The molecule has 0 aromatic heterocycles. The molecule has 13 heavy (non-hydrogen) atoms. The van der Waals surface area contributed by atoms with Crippen molar-refractivity contribution in [2.75, 3.05) is 14.2 Å². The van der Waals surface area contributed by atoms with E-state index < -0.39 is 0 Å². The van der Waals surface area contributed by atoms with Gasteiger partial charge in [-0.25, -0.2) is 0 Å². The number of carbonyl (C=O) groups is 1. The van der Waals surface area contributed by atoms with Gasteiger partial charge in [-0.05, 0) is 25.2 Å². The third-order valence-electron chi connectivity index (χ3n) is 2.75. The Balaban J connectivity index is 2.29. The van der Waals surface area contributed by atoms with Gasteiger partial charge in [0.15, 0.2) is 0 Å². The smallest absolute Gasteiger partial charge is 0.305 e. The highest BCUT2D eigenvalue weighted by molar-refractivity contribution is 5.69. The van der Waals surface area contributed by atoms with E-state index >= 15 is 0 Å². The van der Waals surface area contributed by atoms with Crippen LogP contribution in [0.25, 0.3) is 0 Å². The molecule has 1 fully saturated rings. The van der Waals surface area contributed by atoms with Crippen LogP contribution in [0.15, 0.2) is 0 Å². The minimum Gasteiger partial charge on any atom is -0.469 e. The first kappa shape index (κ1) is 10.5. The summed E-state index contributed by atoms with van der Waals surface area (Å²) in [6.07, 6.45) is 5.34. The van der Waals surface area contributed by atoms with E-state index in [2.05, 4.69) is 4.74 Å². The number of methoxy groups -OCH3 is 2. The van der Waals surface area contributed by atoms with E-state index in [-0.39, 0.29) is 5.97 Å². The highest BCUT2D eigenvalue weighted by Crippen LogP contribution is 2.28. The van der Waals surface area contributed by atoms with Crippen LogP contribution in [0.1, 0.15) is 32.1 Å². The van der Waals surface area contributed by atoms with Crippen molar-refractivity contribution in [3.05, 3.63) is 0 Å². The molecule has 1 aliphatic carbocycles. The van der Waals surface area contributed by atoms with Crippen LogP contribution in [0.3, 0.4) is 0 Å². The molecule has 3 heteroatoms. The molecule has 1 aliphatic rings. The topological polar surface area (TPSA) is 35.5 Å². The minimum absolute atomic E-state index is 0.0956. The van der Waals surface area contributed by atoms with Gasteiger partial charge >= 0.3 is 5.97 Å². The van der Waals surface area contributed by atoms with Crippen LogP contribution < -0.4 is 0 Å². The molecule has 0 amide bonds. The molecular weight excluding hydrogens is 168 g/mol. The maximum absolute atomic E-state index is 11.0. The molecule has 0 heterocycles. The molecule has 0 spiro atoms. The highest BCUT2D eigenvalue weighted by atomic mass is 16.5. The molecule has 2 atom stereocenters. The normalized spacial score (nSPS) is 28.5. The number of esters is 1. The summed E-state index contributed by atoms with van der Waals surface area (Å²) >= 11 is 0. The van der Waals surface area contributed by atoms with Gasteiger partial charge in [0.1, 0.15) is 0 Å². The number of ether oxygens (including phenoxy) is 2. The van der Waals surface area contributed by atoms with Crippen LogP contribution in [0, 0.1) is 5.92 Å². The zero-order valence-corrected chi connectivity index (χ0v) is 8.41. The molecule has 3 nitrogen and oxygen atoms in total. The predicted octanol–water partition coefficient (Wildman–Crippen LogP) is 1.75. The van der Waals surface area contributed by atoms with Gasteiger partial charge in [0.2, 0.25) is 0 Å². The van der Waals surface area contributed by atoms with Gasteiger partial charge in [0.25, 0.3) is 0 Å². The molecule has 0 aromatic carbocycles. The van der Waals surface area contributed by atoms with E-state index in [1.165, 1.54) is 13.5 Å². The Labute approximate surface area is 79.4 Å². The summed E-state index contributed by atoms with van der Waals surface area (Å²) < 4.78 is 9.93. The standard InChI is InChI=1S/C10H18O3/c1-12-9-5-3-4-8(6-9)7-10(11)13-2/h8-9H,3-7H2,1-2H3. The van der Waals surface area contributed by atoms with Gasteiger partial charge in [-0.3, -0.25) is 4.79 Å². The molecule has 1 rings (SSSR count). The van der Waals surface area contributed by atoms with Crippen LogP contribution in [-0.4, -0.2) is 26.3 Å². The first-order chi connectivity index (χ1) is 6.26. The van der Waals surface area contributed by atoms with Gasteiger partial charge in [-0.1, -0.05) is 6.42 Å². The molecule has 2 unspecified atom stereocenters. The van der Waals surface area contributed by atoms with Crippen LogP contribution in [0.5, 0.6) is 0 Å². The Kier molecular flexibility index (Phi) is 4.22. The van der Waals surface area contributed by atoms with Gasteiger partial charge in [-0.2, -0.15) is 0 Å². The van der Waals surface area contributed by atoms with Crippen LogP contribution in [0.4, 0.5) is 0 Å². The van der Waals surface area contributed by atoms with Crippen molar-refractivity contribution in [3.8, 4) is 0 Å². The zero-order valence-electron chi connectivity index (χ0n) is 8.41. The fourth-order valence-corrected chi connectivity index (χ4v) is 1.96. The average molecular weight is 186 g/mol. The first-order valence-corrected chi connectivity index (χ1v) is 4.86. The SMILES string of the molecule is COC(=O)CC1CCCC(OC)C1. The van der Waals surface area contributed by atoms with E-state index in [9.17, 15) is 4.79 Å². The molecule has 0 saturated heterocycles. The lowest BCUT2D eigenvalue weighted by atomic mass is 9.85. The van der Waals surface area contributed by atoms with E-state index in [0.717, 1.165) is 19.3 Å². The van der Waals surface area contributed by atoms with Crippen molar-refractivity contribution in [3.63, 3.8) is 0 Å². The summed E-state index contributed by atoms with van der Waals surface area (Å²) in [5, 5.41) is 0. The van der Waals surface area contributed by atoms with E-state index in [1.807, 2.05) is 0 Å². The van der Waals surface area contributed by atoms with Crippen molar-refractivity contribution in [1.82, 2.24) is 0 Å². The summed E-state index contributed by atoms with van der Waals surface area (Å²) in [6.45, 7) is 0. The lowest BCUT2D eigenvalue weighted by Gasteiger charge is -2.27. The number of hydrogen-bond donors (Lipinski definition) is 0. The second-order valence-corrected chi connectivity index (χ2v) is 3.67. The Morgan fingerprint density at radius 3 is 2.77 bits per heavy atom. The summed E-state index contributed by atoms with van der Waals surface area (Å²) in [7, 11) is 3.18. The number of rotatable bonds is 3. The van der Waals surface area contributed by atoms with Crippen LogP contribution >= 0.6 is 0 Å². The lowest BCUT2D eigenvalue weighted by molar-refractivity contribution is -0.142. The van der Waals surface area contributed by atoms with Crippen molar-refractivity contribution in [2.24, 2.45) is 5.92 Å². The fraction of sp³-hybridized carbons (Fsp3) is 0.900. The third-order valence-corrected chi connectivity index (χ3v) is 2.75. The molecule has 0 aliphatic heterocycles. The molecule has 76 valence electrons. The molecular formula is C10H18O3. The van der Waals surface area contributed by atoms with Gasteiger partial charge in [-0.15, -0.1) is 0 Å². The lowest BCUT2D eigenvalue weighted by Crippen LogP contribution is -2.23. The Bertz CT molecular complexity index is 168. The third kappa shape index (κ3) is 3.35. The van der Waals surface area contributed by atoms with Gasteiger partial charge in [0.05, 0.1) is 13.2 Å². The predicted molar refractivity (Wildman–Crippen MR) is 49.4 cm³/mol. The zero-order chi connectivity index (χ0) is 9.68. The monoisotopic (exact) mass is 186 g/mol. The quantitative estimate of drug-likeness (QED) is 0.630. The fourth-order valence-electron chi connectivity index (χ4n) is 1.96. The average Bonchev–Trinajstić information content (AvgIpc) is 2.18. The molecule has 0 radical (unpaired) electrons. The first-order valence-electron chi connectivity index (χ1n) is 4.86. The molecule has 0 aromatic rings. The molecule has 0 bridgehead atoms. The second-order valence-electron chi connectivity index (χ2n) is 3.67. The second kappa shape index (κ2) is 5.22. The van der Waals surface area contributed by atoms with Crippen LogP contribution in [0.2, 0.25) is 0 Å². The van der Waals surface area contributed by atoms with E-state index in [0.29, 0.717) is 18.4 Å². The van der Waals surface area contributed by atoms with Gasteiger partial charge in [0, 0.05) is 13.5 Å². The summed E-state index contributed by atoms with van der Waals surface area (Å²) in [6, 6.07) is 0. The van der Waals surface area contributed by atoms with Gasteiger partial charge < -0.3 is 9.47 Å². The number of hydrogen-bond acceptors (Lipinski definition) is 3. The molecule has 0 N–H and O–H groups in total. The summed E-state index contributed by atoms with van der Waals surface area (Å²) in [5.74, 6) is 0.368. The maximum atomic E-state index is 11.0. The molecule has 1 saturated carbocycles. The van der Waals surface area contributed by atoms with Crippen molar-refractivity contribution < 1.29 is 14.3 Å². The van der Waals surface area contributed by atoms with E-state index in [1.54, 1.807) is 7.11 Å². The minimum atomic E-state index is -0.0956. The van der Waals surface area contributed by atoms with E-state index in [4.69, 9.17) is 4.74 Å². The van der Waals surface area contributed by atoms with Crippen molar-refractivity contribution in [2.45, 2.75) is 38.2 Å². The van der Waals surface area contributed by atoms with Crippen molar-refractivity contribution >= 4 is 5.97 Å². The maximum Gasteiger partial charge on any atom is 0.305 e. The summed E-state index contributed by atoms with van der Waals surface area (Å²) in [5.41, 5.74) is 0. The Morgan fingerprint density at radius 1 is 1.38 bits per heavy atom.